The van der Waals surface area contributed by atoms with Crippen molar-refractivity contribution in [2.24, 2.45) is 11.8 Å². The Morgan fingerprint density at radius 3 is 2.37 bits per heavy atom. The molecule has 0 radical (unpaired) electrons. The Hall–Kier alpha value is -0.730. The molecule has 2 rings (SSSR count). The van der Waals surface area contributed by atoms with Gasteiger partial charge < -0.3 is 4.74 Å². The van der Waals surface area contributed by atoms with Crippen LogP contribution in [0.3, 0.4) is 0 Å². The molecule has 1 aromatic heterocycles. The first-order valence-corrected chi connectivity index (χ1v) is 10.4. The molecule has 27 heavy (non-hydrogen) atoms. The monoisotopic (exact) mass is 426 g/mol. The summed E-state index contributed by atoms with van der Waals surface area (Å²) in [6.07, 6.45) is 0.980. The van der Waals surface area contributed by atoms with Gasteiger partial charge in [-0.3, -0.25) is 4.79 Å². The van der Waals surface area contributed by atoms with Crippen molar-refractivity contribution in [2.75, 3.05) is 19.0 Å². The second kappa shape index (κ2) is 9.18. The van der Waals surface area contributed by atoms with Gasteiger partial charge in [-0.25, -0.2) is 4.68 Å². The van der Waals surface area contributed by atoms with Crippen molar-refractivity contribution in [3.05, 3.63) is 21.6 Å². The first-order valence-electron chi connectivity index (χ1n) is 9.03. The second-order valence-electron chi connectivity index (χ2n) is 8.04. The highest BCUT2D eigenvalue weighted by atomic mass is 35.5. The predicted molar refractivity (Wildman–Crippen MR) is 102 cm³/mol. The number of hydrogen-bond donors (Lipinski definition) is 0. The fourth-order valence-corrected chi connectivity index (χ4v) is 4.49. The van der Waals surface area contributed by atoms with Gasteiger partial charge in [0.15, 0.2) is 0 Å². The number of rotatable bonds is 6. The molecule has 0 aliphatic heterocycles. The van der Waals surface area contributed by atoms with Crippen molar-refractivity contribution in [3.63, 3.8) is 0 Å². The lowest BCUT2D eigenvalue weighted by molar-refractivity contribution is -0.177. The van der Waals surface area contributed by atoms with Crippen LogP contribution in [0.1, 0.15) is 46.5 Å². The molecule has 0 saturated heterocycles. The largest absolute Gasteiger partial charge is 0.411 e. The van der Waals surface area contributed by atoms with E-state index in [0.717, 1.165) is 31.4 Å². The van der Waals surface area contributed by atoms with E-state index in [2.05, 4.69) is 5.10 Å². The van der Waals surface area contributed by atoms with Gasteiger partial charge >= 0.3 is 6.18 Å². The van der Waals surface area contributed by atoms with Gasteiger partial charge in [0, 0.05) is 12.4 Å². The van der Waals surface area contributed by atoms with Crippen LogP contribution in [0.15, 0.2) is 15.9 Å². The maximum atomic E-state index is 12.4. The van der Waals surface area contributed by atoms with Crippen molar-refractivity contribution in [1.29, 1.82) is 0 Å². The fourth-order valence-electron chi connectivity index (χ4n) is 3.11. The Kier molecular flexibility index (Phi) is 7.67. The Morgan fingerprint density at radius 2 is 1.81 bits per heavy atom. The third kappa shape index (κ3) is 6.98. The van der Waals surface area contributed by atoms with E-state index in [0.29, 0.717) is 10.8 Å². The summed E-state index contributed by atoms with van der Waals surface area (Å²) in [5.41, 5.74) is -0.726. The first kappa shape index (κ1) is 22.6. The zero-order valence-corrected chi connectivity index (χ0v) is 17.4. The van der Waals surface area contributed by atoms with Crippen molar-refractivity contribution >= 4 is 23.4 Å². The predicted octanol–water partition coefficient (Wildman–Crippen LogP) is 5.13. The van der Waals surface area contributed by atoms with Crippen LogP contribution in [-0.2, 0) is 10.3 Å². The van der Waals surface area contributed by atoms with Crippen LogP contribution in [-0.4, -0.2) is 34.9 Å². The van der Waals surface area contributed by atoms with Gasteiger partial charge in [-0.2, -0.15) is 18.3 Å². The molecule has 0 bridgehead atoms. The van der Waals surface area contributed by atoms with E-state index in [4.69, 9.17) is 16.3 Å². The lowest BCUT2D eigenvalue weighted by atomic mass is 9.83. The highest BCUT2D eigenvalue weighted by Gasteiger charge is 2.29. The van der Waals surface area contributed by atoms with E-state index < -0.39 is 18.3 Å². The Morgan fingerprint density at radius 1 is 1.22 bits per heavy atom. The third-order valence-corrected chi connectivity index (χ3v) is 6.32. The van der Waals surface area contributed by atoms with Gasteiger partial charge in [0.25, 0.3) is 5.56 Å². The summed E-state index contributed by atoms with van der Waals surface area (Å²) < 4.78 is 42.5. The van der Waals surface area contributed by atoms with Crippen molar-refractivity contribution in [3.8, 4) is 0 Å². The number of nitrogens with zero attached hydrogens (tertiary/aromatic N) is 2. The van der Waals surface area contributed by atoms with E-state index in [-0.39, 0.29) is 23.1 Å². The van der Waals surface area contributed by atoms with Crippen molar-refractivity contribution < 1.29 is 17.9 Å². The summed E-state index contributed by atoms with van der Waals surface area (Å²) >= 11 is 7.76. The normalized spacial score (nSPS) is 21.4. The van der Waals surface area contributed by atoms with Crippen LogP contribution in [0.5, 0.6) is 0 Å². The molecule has 1 aromatic rings. The first-order chi connectivity index (χ1) is 12.5. The maximum absolute atomic E-state index is 12.4. The third-order valence-electron chi connectivity index (χ3n) is 4.58. The molecule has 1 aliphatic rings. The molecule has 1 aliphatic carbocycles. The highest BCUT2D eigenvalue weighted by molar-refractivity contribution is 7.99. The van der Waals surface area contributed by atoms with Crippen LogP contribution in [0.2, 0.25) is 5.02 Å². The lowest BCUT2D eigenvalue weighted by Gasteiger charge is -2.28. The number of hydrogen-bond acceptors (Lipinski definition) is 4. The molecule has 1 fully saturated rings. The lowest BCUT2D eigenvalue weighted by Crippen LogP contribution is -2.36. The van der Waals surface area contributed by atoms with Crippen LogP contribution in [0, 0.1) is 11.8 Å². The minimum absolute atomic E-state index is 0.167. The Balaban J connectivity index is 1.80. The molecule has 9 heteroatoms. The fraction of sp³-hybridized carbons (Fsp3) is 0.778. The minimum Gasteiger partial charge on any atom is -0.372 e. The molecule has 0 amide bonds. The summed E-state index contributed by atoms with van der Waals surface area (Å²) in [7, 11) is 0. The summed E-state index contributed by atoms with van der Waals surface area (Å²) in [4.78, 5) is 13.0. The van der Waals surface area contributed by atoms with E-state index in [1.54, 1.807) is 6.20 Å². The standard InChI is InChI=1S/C18H26ClF3N2O2S/c1-17(2,3)24-16(25)15(19)14(8-23-24)27-10-13-6-4-12(5-7-13)9-26-11-18(20,21)22/h8,12-13H,4-7,9-11H2,1-3H3. The van der Waals surface area contributed by atoms with Gasteiger partial charge in [0.05, 0.1) is 16.6 Å². The van der Waals surface area contributed by atoms with Gasteiger partial charge in [-0.1, -0.05) is 11.6 Å². The van der Waals surface area contributed by atoms with Crippen LogP contribution < -0.4 is 5.56 Å². The van der Waals surface area contributed by atoms with Gasteiger partial charge in [-0.15, -0.1) is 11.8 Å². The van der Waals surface area contributed by atoms with Gasteiger partial charge in [0.1, 0.15) is 11.6 Å². The minimum atomic E-state index is -4.26. The molecule has 1 saturated carbocycles. The number of thioether (sulfide) groups is 1. The van der Waals surface area contributed by atoms with E-state index in [1.165, 1.54) is 16.4 Å². The molecule has 0 N–H and O–H groups in total. The highest BCUT2D eigenvalue weighted by Crippen LogP contribution is 2.34. The SMILES string of the molecule is CC(C)(C)n1ncc(SCC2CCC(COCC(F)(F)F)CC2)c(Cl)c1=O. The molecule has 154 valence electrons. The summed E-state index contributed by atoms with van der Waals surface area (Å²) in [5, 5.41) is 4.42. The summed E-state index contributed by atoms with van der Waals surface area (Å²) in [6, 6.07) is 0. The second-order valence-corrected chi connectivity index (χ2v) is 9.48. The topological polar surface area (TPSA) is 44.1 Å². The quantitative estimate of drug-likeness (QED) is 0.591. The molecule has 0 atom stereocenters. The van der Waals surface area contributed by atoms with Crippen molar-refractivity contribution in [1.82, 2.24) is 9.78 Å². The van der Waals surface area contributed by atoms with Gasteiger partial charge in [-0.05, 0) is 58.3 Å². The summed E-state index contributed by atoms with van der Waals surface area (Å²) in [6.45, 7) is 4.67. The van der Waals surface area contributed by atoms with E-state index in [1.807, 2.05) is 20.8 Å². The molecular weight excluding hydrogens is 401 g/mol. The molecular formula is C18H26ClF3N2O2S. The van der Waals surface area contributed by atoms with Crippen LogP contribution >= 0.6 is 23.4 Å². The summed E-state index contributed by atoms with van der Waals surface area (Å²) in [5.74, 6) is 1.46. The number of halogens is 4. The molecule has 1 heterocycles. The smallest absolute Gasteiger partial charge is 0.372 e. The van der Waals surface area contributed by atoms with Gasteiger partial charge in [0.2, 0.25) is 0 Å². The molecule has 0 unspecified atom stereocenters. The zero-order valence-electron chi connectivity index (χ0n) is 15.8. The molecule has 0 aromatic carbocycles. The average molecular weight is 427 g/mol. The Bertz CT molecular complexity index is 681. The van der Waals surface area contributed by atoms with Crippen molar-refractivity contribution in [2.45, 2.75) is 63.1 Å². The number of alkyl halides is 3. The number of ether oxygens (including phenoxy) is 1. The average Bonchev–Trinajstić information content (AvgIpc) is 2.55. The number of aromatic nitrogens is 2. The molecule has 4 nitrogen and oxygen atoms in total. The van der Waals surface area contributed by atoms with Crippen LogP contribution in [0.25, 0.3) is 0 Å². The molecule has 0 spiro atoms. The Labute approximate surface area is 166 Å². The van der Waals surface area contributed by atoms with E-state index in [9.17, 15) is 18.0 Å². The zero-order chi connectivity index (χ0) is 20.2. The maximum Gasteiger partial charge on any atom is 0.411 e. The van der Waals surface area contributed by atoms with Crippen LogP contribution in [0.4, 0.5) is 13.2 Å². The van der Waals surface area contributed by atoms with E-state index >= 15 is 0 Å².